The van der Waals surface area contributed by atoms with Crippen molar-refractivity contribution in [3.63, 3.8) is 0 Å². The summed E-state index contributed by atoms with van der Waals surface area (Å²) in [6.07, 6.45) is -47.9. The molecule has 0 radical (unpaired) electrons. The SMILES string of the molecule is [2H]c1c(OC)c(OC([2H])([2H])[2H])c([2H])c2c1C1([2H])CC(OC(=O)[C@@]([2H])(N)C([2H])(C([2H])([2H])[2H])C([2H])([2H])[2H])C(C([2H])([2H])C([2H])(C)C([2H])([2H])[2H])CN1C([2H])([2H])C2([2H])[2H].[2H]c1c(OC)c(OC([2H])([2H])[2H])c([2H])c2c1C1([2H])CC([2H])(OC(=O)[C@@]([2H])(N)C([2H])(C([2H])([2H])[2H])C([2H])([2H])[2H])C(C([2H])([2H])C([2H])(C)C([2H])([2H])[2H])CN1C([2H])([2H])C2([2H])[2H].[2H]c1c(OC)c(OC)c([2H])c2c1C1([2H])CC([2H])(OC(=O)[C@@]([2H])(N)C([2H])(C([2H])([2H])[2H])C([2H])([2H])[2H])C(C([2H])([2H])C([2H])(C)C([2H])([2H])[2H])CN1C([2H])([2H])C2([2H])[2H].[2H]c1c(OC)c(OC)c([2H])c2c1C1([2H])CC([2H])(OC(=O)[C@@]([2H])(N)C([2H])(C([2H])([2H])[2H])C([2H])([2H])[2H])C(C([2H])([2H])C([2H])(C)C([2H])([2H])[2H])CN1C([2H])([2H])C2([2H])[2H]. The molecule has 8 aliphatic rings. The minimum absolute atomic E-state index is 0.193. The van der Waals surface area contributed by atoms with Crippen molar-refractivity contribution in [2.24, 2.45) is 93.8 Å². The number of piperidine rings is 4. The van der Waals surface area contributed by atoms with Crippen molar-refractivity contribution in [1.82, 2.24) is 19.6 Å². The van der Waals surface area contributed by atoms with E-state index in [1.54, 1.807) is 0 Å². The third-order valence-electron chi connectivity index (χ3n) is 17.9. The largest absolute Gasteiger partial charge is 0.493 e. The van der Waals surface area contributed by atoms with E-state index in [0.717, 1.165) is 42.7 Å². The molecule has 0 amide bonds. The van der Waals surface area contributed by atoms with E-state index in [-0.39, 0.29) is 4.90 Å². The second-order valence-electron chi connectivity index (χ2n) is 26.0. The molecule has 8 heterocycles. The monoisotopic (exact) mass is 1770 g/mol. The number of esters is 4. The minimum Gasteiger partial charge on any atom is -0.493 e. The Hall–Kier alpha value is -7.16. The van der Waals surface area contributed by atoms with Gasteiger partial charge in [-0.3, -0.25) is 38.8 Å². The van der Waals surface area contributed by atoms with Gasteiger partial charge >= 0.3 is 23.9 Å². The van der Waals surface area contributed by atoms with Gasteiger partial charge in [0, 0.05) is 219 Å². The zero-order valence-corrected chi connectivity index (χ0v) is 65.7. The zero-order valence-electron chi connectivity index (χ0n) is 159. The molecule has 0 spiro atoms. The maximum atomic E-state index is 13.8. The average Bonchev–Trinajstić information content (AvgIpc) is 0.667. The van der Waals surface area contributed by atoms with Gasteiger partial charge in [0.25, 0.3) is 0 Å². The van der Waals surface area contributed by atoms with Crippen LogP contribution in [0.3, 0.4) is 0 Å². The normalized spacial score (nSPS) is 49.2. The van der Waals surface area contributed by atoms with Gasteiger partial charge in [0.1, 0.15) is 48.4 Å². The van der Waals surface area contributed by atoms with Crippen LogP contribution in [0.1, 0.15) is 357 Å². The molecule has 20 atom stereocenters. The van der Waals surface area contributed by atoms with Crippen LogP contribution < -0.4 is 60.8 Å². The first-order valence-electron chi connectivity index (χ1n) is 81.6. The summed E-state index contributed by atoms with van der Waals surface area (Å²) in [7, 11) is -0.927. The van der Waals surface area contributed by atoms with E-state index in [9.17, 15) is 28.8 Å². The number of benzene rings is 4. The third-order valence-corrected chi connectivity index (χ3v) is 17.9. The smallest absolute Gasteiger partial charge is 0.323 e. The third kappa shape index (κ3) is 23.8. The fourth-order valence-electron chi connectivity index (χ4n) is 12.3. The first kappa shape index (κ1) is 30.9. The molecule has 672 valence electrons. The lowest BCUT2D eigenvalue weighted by molar-refractivity contribution is -0.161. The molecule has 16 unspecified atom stereocenters. The highest BCUT2D eigenvalue weighted by Crippen LogP contribution is 2.50. The Morgan fingerprint density at radius 3 is 0.858 bits per heavy atom. The van der Waals surface area contributed by atoms with Gasteiger partial charge in [0.15, 0.2) is 46.0 Å². The summed E-state index contributed by atoms with van der Waals surface area (Å²) < 4.78 is 837. The number of nitrogens with zero attached hydrogens (tertiary/aromatic N) is 4. The van der Waals surface area contributed by atoms with Gasteiger partial charge in [-0.1, -0.05) is 110 Å². The Labute approximate surface area is 849 Å². The number of hydrogen-bond acceptors (Lipinski definition) is 24. The molecule has 4 fully saturated rings. The maximum Gasteiger partial charge on any atom is 0.323 e. The Kier molecular flexibility index (Phi) is 11.3. The molecule has 0 saturated carbocycles. The van der Waals surface area contributed by atoms with Crippen molar-refractivity contribution in [3.05, 3.63) is 92.8 Å². The predicted octanol–water partition coefficient (Wildman–Crippen LogP) is 14.3. The van der Waals surface area contributed by atoms with E-state index in [0.29, 0.717) is 42.4 Å². The van der Waals surface area contributed by atoms with Crippen molar-refractivity contribution in [2.75, 3.05) is 109 Å². The quantitative estimate of drug-likeness (QED) is 0.0303. The van der Waals surface area contributed by atoms with E-state index in [4.69, 9.17) is 198 Å². The topological polar surface area (TPSA) is 296 Å². The summed E-state index contributed by atoms with van der Waals surface area (Å²) in [5.74, 6) is -56.3. The first-order valence-corrected chi connectivity index (χ1v) is 35.1. The number of fused-ring (bicyclic) bond motifs is 12. The summed E-state index contributed by atoms with van der Waals surface area (Å²) in [5.41, 5.74) is 14.6. The fourth-order valence-corrected chi connectivity index (χ4v) is 12.3. The number of nitrogens with two attached hydrogens (primary N) is 4. The van der Waals surface area contributed by atoms with Crippen molar-refractivity contribution in [1.29, 1.82) is 0 Å². The van der Waals surface area contributed by atoms with Gasteiger partial charge in [-0.25, -0.2) is 0 Å². The van der Waals surface area contributed by atoms with Crippen LogP contribution in [-0.2, 0) is 63.6 Å². The predicted molar refractivity (Wildman–Crippen MR) is 471 cm³/mol. The molecule has 4 aromatic rings. The summed E-state index contributed by atoms with van der Waals surface area (Å²) in [6.45, 7) is -64.4. The number of ether oxygens (including phenoxy) is 12. The summed E-state index contributed by atoms with van der Waals surface area (Å²) in [6, 6.07) is -37.3. The number of rotatable bonds is 28. The molecule has 4 saturated heterocycles. The van der Waals surface area contributed by atoms with Gasteiger partial charge < -0.3 is 79.8 Å². The van der Waals surface area contributed by atoms with Crippen LogP contribution in [0.4, 0.5) is 0 Å². The van der Waals surface area contributed by atoms with Crippen LogP contribution in [-0.4, -0.2) is 201 Å². The van der Waals surface area contributed by atoms with Crippen LogP contribution in [0.25, 0.3) is 0 Å². The highest BCUT2D eigenvalue weighted by Gasteiger charge is 2.47. The van der Waals surface area contributed by atoms with Crippen LogP contribution in [0.15, 0.2) is 48.3 Å². The summed E-state index contributed by atoms with van der Waals surface area (Å²) >= 11 is 0. The number of methoxy groups -OCH3 is 8. The van der Waals surface area contributed by atoms with Gasteiger partial charge in [-0.15, -0.1) is 0 Å². The molecule has 0 aromatic heterocycles. The Morgan fingerprint density at radius 2 is 0.608 bits per heavy atom. The van der Waals surface area contributed by atoms with Gasteiger partial charge in [0.05, 0.1) is 91.0 Å². The highest BCUT2D eigenvalue weighted by molar-refractivity contribution is 5.77. The van der Waals surface area contributed by atoms with Crippen molar-refractivity contribution < 1.29 is 204 Å². The highest BCUT2D eigenvalue weighted by atomic mass is 16.6. The fraction of sp³-hybridized carbons (Fsp3) is 0.708. The van der Waals surface area contributed by atoms with Crippen molar-refractivity contribution in [3.8, 4) is 46.0 Å². The molecule has 8 aliphatic heterocycles. The number of hydrogen-bond donors (Lipinski definition) is 4. The lowest BCUT2D eigenvalue weighted by atomic mass is 9.79. The number of carbonyl (C=O) groups excluding carboxylic acids is 4. The molecule has 0 aliphatic carbocycles. The van der Waals surface area contributed by atoms with E-state index < -0.39 is 531 Å². The Morgan fingerprint density at radius 1 is 0.375 bits per heavy atom. The molecule has 0 bridgehead atoms. The van der Waals surface area contributed by atoms with Crippen LogP contribution in [0, 0.1) is 70.8 Å². The van der Waals surface area contributed by atoms with Gasteiger partial charge in [-0.2, -0.15) is 0 Å². The number of carbonyl (C=O) groups is 4. The summed E-state index contributed by atoms with van der Waals surface area (Å²) in [4.78, 5) is 56.2. The van der Waals surface area contributed by atoms with E-state index in [1.807, 2.05) is 0 Å². The lowest BCUT2D eigenvalue weighted by Crippen LogP contribution is -2.51. The van der Waals surface area contributed by atoms with Crippen molar-refractivity contribution in [2.45, 2.75) is 259 Å². The maximum absolute atomic E-state index is 13.8. The van der Waals surface area contributed by atoms with E-state index >= 15 is 0 Å². The second-order valence-corrected chi connectivity index (χ2v) is 26.0. The first-order chi connectivity index (χ1) is 93.0. The van der Waals surface area contributed by atoms with Crippen LogP contribution in [0.5, 0.6) is 46.0 Å². The van der Waals surface area contributed by atoms with E-state index in [1.165, 1.54) is 0 Å². The Bertz CT molecular complexity index is 8170. The van der Waals surface area contributed by atoms with Gasteiger partial charge in [0.2, 0.25) is 0 Å². The van der Waals surface area contributed by atoms with Crippen molar-refractivity contribution >= 4 is 23.9 Å². The van der Waals surface area contributed by atoms with Crippen LogP contribution in [0.2, 0.25) is 0 Å². The molecular formula is C96H152N8O16. The molecule has 8 N–H and O–H groups in total. The molecule has 4 aromatic carbocycles. The molecular weight excluding hydrogens is 1520 g/mol. The molecule has 24 heteroatoms. The van der Waals surface area contributed by atoms with E-state index in [2.05, 4.69) is 0 Å². The molecule has 120 heavy (non-hydrogen) atoms. The lowest BCUT2D eigenvalue weighted by Gasteiger charge is -2.47. The minimum atomic E-state index is -4.26. The van der Waals surface area contributed by atoms with Crippen LogP contribution >= 0.6 is 0 Å². The van der Waals surface area contributed by atoms with Gasteiger partial charge in [-0.05, 0) is 191 Å². The zero-order chi connectivity index (χ0) is 169. The average molecular weight is 1770 g/mol. The molecule has 24 nitrogen and oxygen atoms in total. The second kappa shape index (κ2) is 43.9. The standard InChI is InChI=1S/4C24H38N2O4/c4*1-14(2)9-17-13-26-8-7-16-10-21(28-5)22(29-6)11-18(16)19(26)12-20(17)30-24(27)23(25)15(3)4/h4*10-11,14-15,17,19-20,23H,7-9,12-13,25H2,1-6H3/t4*17?,19?,20?,23-/m0000/s1/i1D3,3D3,4D3,5D3,7D2,8D2,9D2,10D,11D,14D,15D,19D,20D,23D;2*1D3,3D3,4D3,7D2,8D2,9D2,10D,11D,14D,15D,19D,20D,23D;1D3,3D3,4D3,5D3,7D2,8D2,9D2,10D,11D,14D,15D,19D,23D/t4*14?,17?,19?,20?,23-. The Balaban J connectivity index is 0.000000306. The summed E-state index contributed by atoms with van der Waals surface area (Å²) in [5, 5.41) is 0. The molecule has 12 rings (SSSR count).